The van der Waals surface area contributed by atoms with Crippen molar-refractivity contribution in [3.05, 3.63) is 71.4 Å². The largest absolute Gasteiger partial charge is 0.468 e. The van der Waals surface area contributed by atoms with Crippen LogP contribution in [0, 0.1) is 0 Å². The highest BCUT2D eigenvalue weighted by Gasteiger charge is 2.22. The summed E-state index contributed by atoms with van der Waals surface area (Å²) in [4.78, 5) is 0. The standard InChI is InChI=1S/C19H20O2/c1-13-11-12-17(19(20-3)21-13)14(2)16-10-6-8-15-7-4-5-9-18(15)16/h4-11,14H,12H2,1-3H3. The predicted octanol–water partition coefficient (Wildman–Crippen LogP) is 5.13. The Labute approximate surface area is 125 Å². The monoisotopic (exact) mass is 280 g/mol. The van der Waals surface area contributed by atoms with Crippen LogP contribution in [0.4, 0.5) is 0 Å². The van der Waals surface area contributed by atoms with Crippen molar-refractivity contribution in [3.8, 4) is 0 Å². The van der Waals surface area contributed by atoms with E-state index >= 15 is 0 Å². The van der Waals surface area contributed by atoms with E-state index in [0.717, 1.165) is 12.2 Å². The molecule has 2 heteroatoms. The quantitative estimate of drug-likeness (QED) is 0.776. The summed E-state index contributed by atoms with van der Waals surface area (Å²) >= 11 is 0. The van der Waals surface area contributed by atoms with Gasteiger partial charge in [0.1, 0.15) is 5.76 Å². The van der Waals surface area contributed by atoms with Gasteiger partial charge in [0.2, 0.25) is 0 Å². The SMILES string of the molecule is COC1=C(C(C)c2cccc3ccccc23)CC=C(C)O1. The molecule has 0 radical (unpaired) electrons. The Morgan fingerprint density at radius 3 is 2.67 bits per heavy atom. The number of hydrogen-bond donors (Lipinski definition) is 0. The van der Waals surface area contributed by atoms with Gasteiger partial charge in [-0.2, -0.15) is 0 Å². The van der Waals surface area contributed by atoms with Crippen LogP contribution in [-0.2, 0) is 9.47 Å². The van der Waals surface area contributed by atoms with Crippen LogP contribution in [0.3, 0.4) is 0 Å². The van der Waals surface area contributed by atoms with Gasteiger partial charge in [0.25, 0.3) is 5.95 Å². The van der Waals surface area contributed by atoms with E-state index in [0.29, 0.717) is 5.95 Å². The Bertz CT molecular complexity index is 720. The Morgan fingerprint density at radius 2 is 1.86 bits per heavy atom. The molecule has 0 fully saturated rings. The second kappa shape index (κ2) is 5.65. The maximum Gasteiger partial charge on any atom is 0.284 e. The molecule has 0 aliphatic carbocycles. The van der Waals surface area contributed by atoms with Gasteiger partial charge in [0, 0.05) is 11.5 Å². The molecule has 0 spiro atoms. The zero-order chi connectivity index (χ0) is 14.8. The first-order valence-corrected chi connectivity index (χ1v) is 7.30. The van der Waals surface area contributed by atoms with Gasteiger partial charge in [-0.1, -0.05) is 49.4 Å². The molecule has 2 nitrogen and oxygen atoms in total. The fourth-order valence-electron chi connectivity index (χ4n) is 2.93. The summed E-state index contributed by atoms with van der Waals surface area (Å²) in [6.45, 7) is 4.17. The lowest BCUT2D eigenvalue weighted by atomic mass is 9.87. The van der Waals surface area contributed by atoms with Crippen molar-refractivity contribution in [2.24, 2.45) is 0 Å². The van der Waals surface area contributed by atoms with E-state index in [-0.39, 0.29) is 5.92 Å². The lowest BCUT2D eigenvalue weighted by Gasteiger charge is -2.24. The molecule has 1 heterocycles. The van der Waals surface area contributed by atoms with E-state index in [2.05, 4.69) is 55.5 Å². The number of benzene rings is 2. The molecule has 1 aliphatic heterocycles. The van der Waals surface area contributed by atoms with Crippen LogP contribution in [0.2, 0.25) is 0 Å². The molecule has 1 atom stereocenters. The average Bonchev–Trinajstić information content (AvgIpc) is 2.53. The first-order valence-electron chi connectivity index (χ1n) is 7.30. The highest BCUT2D eigenvalue weighted by molar-refractivity contribution is 5.86. The molecule has 3 rings (SSSR count). The van der Waals surface area contributed by atoms with E-state index in [1.807, 2.05) is 6.92 Å². The van der Waals surface area contributed by atoms with Crippen molar-refractivity contribution in [1.82, 2.24) is 0 Å². The predicted molar refractivity (Wildman–Crippen MR) is 85.9 cm³/mol. The molecular formula is C19H20O2. The van der Waals surface area contributed by atoms with E-state index in [9.17, 15) is 0 Å². The molecule has 0 saturated carbocycles. The number of hydrogen-bond acceptors (Lipinski definition) is 2. The van der Waals surface area contributed by atoms with Gasteiger partial charge >= 0.3 is 0 Å². The van der Waals surface area contributed by atoms with Crippen molar-refractivity contribution in [2.45, 2.75) is 26.2 Å². The van der Waals surface area contributed by atoms with Crippen LogP contribution in [-0.4, -0.2) is 7.11 Å². The lowest BCUT2D eigenvalue weighted by Crippen LogP contribution is -2.09. The Balaban J connectivity index is 2.06. The van der Waals surface area contributed by atoms with Crippen molar-refractivity contribution >= 4 is 10.8 Å². The Hall–Kier alpha value is -2.22. The zero-order valence-electron chi connectivity index (χ0n) is 12.7. The van der Waals surface area contributed by atoms with Crippen LogP contribution in [0.15, 0.2) is 65.8 Å². The molecule has 108 valence electrons. The van der Waals surface area contributed by atoms with Crippen molar-refractivity contribution in [2.75, 3.05) is 7.11 Å². The Kier molecular flexibility index (Phi) is 3.70. The lowest BCUT2D eigenvalue weighted by molar-refractivity contribution is 0.0924. The molecule has 1 unspecified atom stereocenters. The summed E-state index contributed by atoms with van der Waals surface area (Å²) in [6.07, 6.45) is 2.98. The Morgan fingerprint density at radius 1 is 1.10 bits per heavy atom. The zero-order valence-corrected chi connectivity index (χ0v) is 12.7. The maximum absolute atomic E-state index is 5.72. The van der Waals surface area contributed by atoms with E-state index < -0.39 is 0 Å². The van der Waals surface area contributed by atoms with Gasteiger partial charge in [0.05, 0.1) is 7.11 Å². The second-order valence-electron chi connectivity index (χ2n) is 5.43. The van der Waals surface area contributed by atoms with Crippen molar-refractivity contribution in [1.29, 1.82) is 0 Å². The smallest absolute Gasteiger partial charge is 0.284 e. The van der Waals surface area contributed by atoms with Crippen molar-refractivity contribution < 1.29 is 9.47 Å². The number of methoxy groups -OCH3 is 1. The van der Waals surface area contributed by atoms with Gasteiger partial charge < -0.3 is 9.47 Å². The molecule has 2 aromatic carbocycles. The number of fused-ring (bicyclic) bond motifs is 1. The second-order valence-corrected chi connectivity index (χ2v) is 5.43. The fraction of sp³-hybridized carbons (Fsp3) is 0.263. The van der Waals surface area contributed by atoms with Gasteiger partial charge in [-0.05, 0) is 35.8 Å². The summed E-state index contributed by atoms with van der Waals surface area (Å²) in [6, 6.07) is 15.0. The number of rotatable bonds is 3. The molecule has 1 aliphatic rings. The minimum absolute atomic E-state index is 0.260. The third kappa shape index (κ3) is 2.54. The van der Waals surface area contributed by atoms with Crippen LogP contribution in [0.1, 0.15) is 31.7 Å². The molecular weight excluding hydrogens is 260 g/mol. The van der Waals surface area contributed by atoms with Crippen LogP contribution in [0.25, 0.3) is 10.8 Å². The van der Waals surface area contributed by atoms with Crippen molar-refractivity contribution in [3.63, 3.8) is 0 Å². The highest BCUT2D eigenvalue weighted by Crippen LogP contribution is 2.36. The van der Waals surface area contributed by atoms with Crippen LogP contribution < -0.4 is 0 Å². The fourth-order valence-corrected chi connectivity index (χ4v) is 2.93. The van der Waals surface area contributed by atoms with E-state index in [1.165, 1.54) is 21.9 Å². The van der Waals surface area contributed by atoms with Crippen LogP contribution >= 0.6 is 0 Å². The third-order valence-electron chi connectivity index (χ3n) is 4.12. The number of allylic oxidation sites excluding steroid dienone is 3. The van der Waals surface area contributed by atoms with Gasteiger partial charge in [-0.25, -0.2) is 0 Å². The molecule has 0 saturated heterocycles. The van der Waals surface area contributed by atoms with Gasteiger partial charge in [-0.3, -0.25) is 0 Å². The topological polar surface area (TPSA) is 18.5 Å². The summed E-state index contributed by atoms with van der Waals surface area (Å²) < 4.78 is 11.2. The van der Waals surface area contributed by atoms with Gasteiger partial charge in [-0.15, -0.1) is 0 Å². The molecule has 0 bridgehead atoms. The van der Waals surface area contributed by atoms with Crippen LogP contribution in [0.5, 0.6) is 0 Å². The summed E-state index contributed by atoms with van der Waals surface area (Å²) in [5.41, 5.74) is 2.51. The summed E-state index contributed by atoms with van der Waals surface area (Å²) in [5, 5.41) is 2.56. The first kappa shape index (κ1) is 13.7. The molecule has 21 heavy (non-hydrogen) atoms. The molecule has 0 N–H and O–H groups in total. The highest BCUT2D eigenvalue weighted by atomic mass is 16.7. The normalized spacial score (nSPS) is 16.4. The molecule has 2 aromatic rings. The van der Waals surface area contributed by atoms with E-state index in [1.54, 1.807) is 7.11 Å². The maximum atomic E-state index is 5.72. The minimum atomic E-state index is 0.260. The minimum Gasteiger partial charge on any atom is -0.468 e. The molecule has 0 amide bonds. The van der Waals surface area contributed by atoms with Gasteiger partial charge in [0.15, 0.2) is 0 Å². The summed E-state index contributed by atoms with van der Waals surface area (Å²) in [7, 11) is 1.67. The number of ether oxygens (including phenoxy) is 2. The average molecular weight is 280 g/mol. The van der Waals surface area contributed by atoms with E-state index in [4.69, 9.17) is 9.47 Å². The summed E-state index contributed by atoms with van der Waals surface area (Å²) in [5.74, 6) is 1.81. The first-order chi connectivity index (χ1) is 10.2. The third-order valence-corrected chi connectivity index (χ3v) is 4.12. The molecule has 0 aromatic heterocycles.